The van der Waals surface area contributed by atoms with Crippen LogP contribution >= 0.6 is 0 Å². The molecule has 1 atom stereocenters. The zero-order valence-electron chi connectivity index (χ0n) is 6.72. The molecule has 0 fully saturated rings. The molecule has 0 heterocycles. The average molecular weight is 162 g/mol. The summed E-state index contributed by atoms with van der Waals surface area (Å²) in [6.07, 6.45) is -0.494. The van der Waals surface area contributed by atoms with Crippen LogP contribution in [0.1, 0.15) is 13.8 Å². The first-order valence-electron chi connectivity index (χ1n) is 3.13. The summed E-state index contributed by atoms with van der Waals surface area (Å²) in [4.78, 5) is 10.1. The maximum absolute atomic E-state index is 12.6. The van der Waals surface area contributed by atoms with E-state index in [1.165, 1.54) is 14.0 Å². The number of aliphatic carboxylic acids is 1. The maximum Gasteiger partial charge on any atom is 0.364 e. The standard InChI is InChI=1S/C7H11FO3/c1-4(5(2)11-3)6(8)7(9)10/h5H,1-3H3,(H,9,10). The molecule has 0 rings (SSSR count). The number of halogens is 1. The number of methoxy groups -OCH3 is 1. The van der Waals surface area contributed by atoms with Gasteiger partial charge in [-0.3, -0.25) is 0 Å². The average Bonchev–Trinajstić information content (AvgIpc) is 2.00. The Labute approximate surface area is 64.5 Å². The van der Waals surface area contributed by atoms with Crippen molar-refractivity contribution < 1.29 is 19.0 Å². The first-order chi connectivity index (χ1) is 5.00. The highest BCUT2D eigenvalue weighted by atomic mass is 19.1. The van der Waals surface area contributed by atoms with Crippen molar-refractivity contribution in [3.63, 3.8) is 0 Å². The van der Waals surface area contributed by atoms with Gasteiger partial charge in [0.15, 0.2) is 0 Å². The van der Waals surface area contributed by atoms with Crippen molar-refractivity contribution in [3.05, 3.63) is 11.4 Å². The lowest BCUT2D eigenvalue weighted by atomic mass is 10.2. The zero-order valence-corrected chi connectivity index (χ0v) is 6.72. The first kappa shape index (κ1) is 10.1. The van der Waals surface area contributed by atoms with Crippen molar-refractivity contribution in [2.75, 3.05) is 7.11 Å². The van der Waals surface area contributed by atoms with Gasteiger partial charge in [-0.05, 0) is 19.4 Å². The minimum Gasteiger partial charge on any atom is -0.476 e. The second-order valence-corrected chi connectivity index (χ2v) is 2.18. The minimum absolute atomic E-state index is 0.0972. The van der Waals surface area contributed by atoms with E-state index in [1.807, 2.05) is 0 Å². The summed E-state index contributed by atoms with van der Waals surface area (Å²) in [5.41, 5.74) is 0.0972. The summed E-state index contributed by atoms with van der Waals surface area (Å²) in [7, 11) is 1.39. The first-order valence-corrected chi connectivity index (χ1v) is 3.13. The van der Waals surface area contributed by atoms with Gasteiger partial charge >= 0.3 is 5.97 Å². The van der Waals surface area contributed by atoms with Crippen LogP contribution < -0.4 is 0 Å². The van der Waals surface area contributed by atoms with E-state index in [4.69, 9.17) is 9.84 Å². The molecule has 0 saturated heterocycles. The molecule has 0 aromatic rings. The Morgan fingerprint density at radius 3 is 2.36 bits per heavy atom. The monoisotopic (exact) mass is 162 g/mol. The Bertz CT molecular complexity index is 186. The van der Waals surface area contributed by atoms with Crippen molar-refractivity contribution in [1.82, 2.24) is 0 Å². The lowest BCUT2D eigenvalue weighted by Crippen LogP contribution is -2.11. The summed E-state index contributed by atoms with van der Waals surface area (Å²) in [5, 5.41) is 8.21. The molecule has 11 heavy (non-hydrogen) atoms. The molecule has 0 aromatic carbocycles. The molecule has 0 radical (unpaired) electrons. The topological polar surface area (TPSA) is 46.5 Å². The summed E-state index contributed by atoms with van der Waals surface area (Å²) in [6.45, 7) is 2.97. The molecular formula is C7H11FO3. The highest BCUT2D eigenvalue weighted by Crippen LogP contribution is 2.11. The van der Waals surface area contributed by atoms with Gasteiger partial charge in [0.25, 0.3) is 0 Å². The molecule has 0 bridgehead atoms. The van der Waals surface area contributed by atoms with Crippen LogP contribution in [-0.2, 0) is 9.53 Å². The predicted octanol–water partition coefficient (Wildman–Crippen LogP) is 1.35. The van der Waals surface area contributed by atoms with Gasteiger partial charge in [-0.2, -0.15) is 4.39 Å². The Balaban J connectivity index is 4.51. The fourth-order valence-corrected chi connectivity index (χ4v) is 0.524. The molecule has 1 N–H and O–H groups in total. The molecule has 0 aliphatic heterocycles. The SMILES string of the molecule is COC(C)C(C)=C(F)C(=O)O. The van der Waals surface area contributed by atoms with Crippen molar-refractivity contribution in [2.45, 2.75) is 20.0 Å². The number of carboxylic acids is 1. The van der Waals surface area contributed by atoms with Crippen LogP contribution in [0.25, 0.3) is 0 Å². The van der Waals surface area contributed by atoms with Crippen LogP contribution in [0.15, 0.2) is 11.4 Å². The molecule has 0 spiro atoms. The quantitative estimate of drug-likeness (QED) is 0.637. The van der Waals surface area contributed by atoms with Gasteiger partial charge in [0, 0.05) is 7.11 Å². The second kappa shape index (κ2) is 4.08. The third-order valence-corrected chi connectivity index (χ3v) is 1.50. The normalized spacial score (nSPS) is 15.6. The van der Waals surface area contributed by atoms with Gasteiger partial charge in [0.05, 0.1) is 6.10 Å². The van der Waals surface area contributed by atoms with Gasteiger partial charge in [-0.1, -0.05) is 0 Å². The van der Waals surface area contributed by atoms with Gasteiger partial charge in [-0.15, -0.1) is 0 Å². The van der Waals surface area contributed by atoms with Crippen molar-refractivity contribution in [2.24, 2.45) is 0 Å². The van der Waals surface area contributed by atoms with Crippen molar-refractivity contribution in [1.29, 1.82) is 0 Å². The van der Waals surface area contributed by atoms with Gasteiger partial charge < -0.3 is 9.84 Å². The molecule has 0 saturated carbocycles. The Hall–Kier alpha value is -0.900. The predicted molar refractivity (Wildman–Crippen MR) is 37.9 cm³/mol. The van der Waals surface area contributed by atoms with Gasteiger partial charge in [0.1, 0.15) is 0 Å². The number of ether oxygens (including phenoxy) is 1. The van der Waals surface area contributed by atoms with Gasteiger partial charge in [-0.25, -0.2) is 4.79 Å². The molecule has 0 amide bonds. The highest BCUT2D eigenvalue weighted by Gasteiger charge is 2.14. The van der Waals surface area contributed by atoms with E-state index in [0.717, 1.165) is 0 Å². The fraction of sp³-hybridized carbons (Fsp3) is 0.571. The minimum atomic E-state index is -1.55. The van der Waals surface area contributed by atoms with Crippen molar-refractivity contribution >= 4 is 5.97 Å². The van der Waals surface area contributed by atoms with E-state index < -0.39 is 17.9 Å². The van der Waals surface area contributed by atoms with Gasteiger partial charge in [0.2, 0.25) is 5.83 Å². The number of hydrogen-bond acceptors (Lipinski definition) is 2. The van der Waals surface area contributed by atoms with Crippen LogP contribution in [0.4, 0.5) is 4.39 Å². The van der Waals surface area contributed by atoms with Crippen molar-refractivity contribution in [3.8, 4) is 0 Å². The number of rotatable bonds is 3. The van der Waals surface area contributed by atoms with E-state index in [1.54, 1.807) is 6.92 Å². The summed E-state index contributed by atoms with van der Waals surface area (Å²) >= 11 is 0. The molecule has 0 aliphatic rings. The smallest absolute Gasteiger partial charge is 0.364 e. The number of carboxylic acid groups (broad SMARTS) is 1. The third kappa shape index (κ3) is 2.67. The highest BCUT2D eigenvalue weighted by molar-refractivity contribution is 5.84. The molecule has 1 unspecified atom stereocenters. The second-order valence-electron chi connectivity index (χ2n) is 2.18. The summed E-state index contributed by atoms with van der Waals surface area (Å²) in [6, 6.07) is 0. The maximum atomic E-state index is 12.6. The molecule has 0 aromatic heterocycles. The Morgan fingerprint density at radius 1 is 1.64 bits per heavy atom. The lowest BCUT2D eigenvalue weighted by molar-refractivity contribution is -0.134. The van der Waals surface area contributed by atoms with Crippen LogP contribution in [0.2, 0.25) is 0 Å². The number of hydrogen-bond donors (Lipinski definition) is 1. The lowest BCUT2D eigenvalue weighted by Gasteiger charge is -2.08. The van der Waals surface area contributed by atoms with Crippen LogP contribution in [-0.4, -0.2) is 24.3 Å². The summed E-state index contributed by atoms with van der Waals surface area (Å²) in [5.74, 6) is -2.69. The molecular weight excluding hydrogens is 151 g/mol. The third-order valence-electron chi connectivity index (χ3n) is 1.50. The van der Waals surface area contributed by atoms with E-state index in [0.29, 0.717) is 0 Å². The van der Waals surface area contributed by atoms with Crippen LogP contribution in [0, 0.1) is 0 Å². The van der Waals surface area contributed by atoms with E-state index in [2.05, 4.69) is 0 Å². The zero-order chi connectivity index (χ0) is 9.02. The number of carbonyl (C=O) groups is 1. The van der Waals surface area contributed by atoms with Crippen LogP contribution in [0.3, 0.4) is 0 Å². The Morgan fingerprint density at radius 2 is 2.09 bits per heavy atom. The fourth-order valence-electron chi connectivity index (χ4n) is 0.524. The molecule has 3 nitrogen and oxygen atoms in total. The Kier molecular flexibility index (Phi) is 3.74. The molecule has 4 heteroatoms. The van der Waals surface area contributed by atoms with E-state index in [9.17, 15) is 9.18 Å². The van der Waals surface area contributed by atoms with Crippen LogP contribution in [0.5, 0.6) is 0 Å². The molecule has 64 valence electrons. The largest absolute Gasteiger partial charge is 0.476 e. The molecule has 0 aliphatic carbocycles. The summed E-state index contributed by atoms with van der Waals surface area (Å²) < 4.78 is 17.3. The van der Waals surface area contributed by atoms with E-state index in [-0.39, 0.29) is 5.57 Å². The van der Waals surface area contributed by atoms with E-state index >= 15 is 0 Å².